The van der Waals surface area contributed by atoms with Crippen LogP contribution in [0.15, 0.2) is 42.9 Å². The molecule has 1 fully saturated rings. The molecule has 0 bridgehead atoms. The van der Waals surface area contributed by atoms with E-state index in [9.17, 15) is 0 Å². The van der Waals surface area contributed by atoms with Gasteiger partial charge < -0.3 is 18.9 Å². The lowest BCUT2D eigenvalue weighted by Gasteiger charge is -2.33. The van der Waals surface area contributed by atoms with Crippen LogP contribution in [0.1, 0.15) is 24.6 Å². The van der Waals surface area contributed by atoms with E-state index in [1.165, 1.54) is 0 Å². The summed E-state index contributed by atoms with van der Waals surface area (Å²) < 4.78 is 13.0. The van der Waals surface area contributed by atoms with Crippen molar-refractivity contribution in [1.82, 2.24) is 19.7 Å². The molecule has 5 rings (SSSR count). The maximum atomic E-state index is 5.54. The molecule has 7 heteroatoms. The van der Waals surface area contributed by atoms with Crippen molar-refractivity contribution in [3.8, 4) is 22.6 Å². The quantitative estimate of drug-likeness (QED) is 0.713. The summed E-state index contributed by atoms with van der Waals surface area (Å²) in [6.45, 7) is 2.19. The molecule has 2 aliphatic rings. The Hall–Kier alpha value is -3.09. The maximum absolute atomic E-state index is 5.54. The van der Waals surface area contributed by atoms with Gasteiger partial charge in [0, 0.05) is 37.8 Å². The van der Waals surface area contributed by atoms with Gasteiger partial charge in [0.05, 0.1) is 0 Å². The SMILES string of the molecule is Cn1cnnc1C1CCN(c2ncccc2-c2ccc3c(c2)OCO3)CC1. The first-order valence-corrected chi connectivity index (χ1v) is 9.23. The largest absolute Gasteiger partial charge is 0.454 e. The van der Waals surface area contributed by atoms with E-state index < -0.39 is 0 Å². The highest BCUT2D eigenvalue weighted by molar-refractivity contribution is 5.77. The van der Waals surface area contributed by atoms with E-state index in [1.54, 1.807) is 6.33 Å². The lowest BCUT2D eigenvalue weighted by Crippen LogP contribution is -2.34. The number of pyridine rings is 1. The summed E-state index contributed by atoms with van der Waals surface area (Å²) in [5, 5.41) is 8.31. The van der Waals surface area contributed by atoms with Crippen LogP contribution in [-0.2, 0) is 7.05 Å². The van der Waals surface area contributed by atoms with Gasteiger partial charge in [-0.25, -0.2) is 4.98 Å². The lowest BCUT2D eigenvalue weighted by molar-refractivity contribution is 0.174. The molecule has 2 aromatic heterocycles. The second-order valence-electron chi connectivity index (χ2n) is 7.00. The molecule has 4 heterocycles. The molecule has 0 unspecified atom stereocenters. The predicted octanol–water partition coefficient (Wildman–Crippen LogP) is 2.99. The minimum absolute atomic E-state index is 0.286. The Morgan fingerprint density at radius 1 is 1.07 bits per heavy atom. The number of aryl methyl sites for hydroxylation is 1. The first kappa shape index (κ1) is 16.1. The molecular weight excluding hydrogens is 342 g/mol. The van der Waals surface area contributed by atoms with E-state index in [0.717, 1.165) is 60.2 Å². The standard InChI is InChI=1S/C20H21N5O2/c1-24-12-22-23-19(24)14-6-9-25(10-7-14)20-16(3-2-8-21-20)15-4-5-17-18(11-15)27-13-26-17/h2-5,8,11-12,14H,6-7,9-10,13H2,1H3. The number of hydrogen-bond donors (Lipinski definition) is 0. The van der Waals surface area contributed by atoms with Gasteiger partial charge >= 0.3 is 0 Å². The monoisotopic (exact) mass is 363 g/mol. The number of benzene rings is 1. The molecule has 0 amide bonds. The molecule has 0 spiro atoms. The highest BCUT2D eigenvalue weighted by atomic mass is 16.7. The van der Waals surface area contributed by atoms with Crippen LogP contribution in [0, 0.1) is 0 Å². The molecule has 27 heavy (non-hydrogen) atoms. The van der Waals surface area contributed by atoms with Gasteiger partial charge in [-0.15, -0.1) is 10.2 Å². The Morgan fingerprint density at radius 3 is 2.74 bits per heavy atom. The van der Waals surface area contributed by atoms with Gasteiger partial charge in [-0.3, -0.25) is 0 Å². The Labute approximate surface area is 157 Å². The van der Waals surface area contributed by atoms with Crippen LogP contribution in [0.25, 0.3) is 11.1 Å². The fourth-order valence-corrected chi connectivity index (χ4v) is 3.95. The normalized spacial score (nSPS) is 16.7. The van der Waals surface area contributed by atoms with E-state index in [2.05, 4.69) is 27.2 Å². The average Bonchev–Trinajstić information content (AvgIpc) is 3.36. The van der Waals surface area contributed by atoms with Crippen LogP contribution < -0.4 is 14.4 Å². The summed E-state index contributed by atoms with van der Waals surface area (Å²) in [5.74, 6) is 4.14. The van der Waals surface area contributed by atoms with Crippen LogP contribution in [0.2, 0.25) is 0 Å². The van der Waals surface area contributed by atoms with Gasteiger partial charge in [-0.1, -0.05) is 6.07 Å². The molecule has 7 nitrogen and oxygen atoms in total. The van der Waals surface area contributed by atoms with Gasteiger partial charge in [-0.2, -0.15) is 0 Å². The van der Waals surface area contributed by atoms with Gasteiger partial charge in [0.2, 0.25) is 6.79 Å². The zero-order chi connectivity index (χ0) is 18.2. The fourth-order valence-electron chi connectivity index (χ4n) is 3.95. The smallest absolute Gasteiger partial charge is 0.231 e. The maximum Gasteiger partial charge on any atom is 0.231 e. The first-order chi connectivity index (χ1) is 13.3. The number of rotatable bonds is 3. The molecular formula is C20H21N5O2. The predicted molar refractivity (Wildman–Crippen MR) is 101 cm³/mol. The minimum atomic E-state index is 0.286. The Bertz CT molecular complexity index is 963. The molecule has 0 N–H and O–H groups in total. The number of hydrogen-bond acceptors (Lipinski definition) is 6. The van der Waals surface area contributed by atoms with Crippen molar-refractivity contribution in [3.05, 3.63) is 48.7 Å². The van der Waals surface area contributed by atoms with Crippen LogP contribution in [0.5, 0.6) is 11.5 Å². The third kappa shape index (κ3) is 2.89. The van der Waals surface area contributed by atoms with Crippen molar-refractivity contribution >= 4 is 5.82 Å². The van der Waals surface area contributed by atoms with Crippen molar-refractivity contribution in [1.29, 1.82) is 0 Å². The number of piperidine rings is 1. The highest BCUT2D eigenvalue weighted by Crippen LogP contribution is 2.39. The van der Waals surface area contributed by atoms with Crippen molar-refractivity contribution in [2.75, 3.05) is 24.8 Å². The van der Waals surface area contributed by atoms with E-state index in [-0.39, 0.29) is 6.79 Å². The summed E-state index contributed by atoms with van der Waals surface area (Å²) in [4.78, 5) is 7.07. The van der Waals surface area contributed by atoms with E-state index in [4.69, 9.17) is 14.5 Å². The molecule has 3 aromatic rings. The summed E-state index contributed by atoms with van der Waals surface area (Å²) in [6.07, 6.45) is 5.73. The second kappa shape index (κ2) is 6.57. The van der Waals surface area contributed by atoms with Crippen molar-refractivity contribution in [3.63, 3.8) is 0 Å². The summed E-state index contributed by atoms with van der Waals surface area (Å²) in [7, 11) is 2.01. The number of fused-ring (bicyclic) bond motifs is 1. The second-order valence-corrected chi connectivity index (χ2v) is 7.00. The Kier molecular flexibility index (Phi) is 3.92. The summed E-state index contributed by atoms with van der Waals surface area (Å²) in [6, 6.07) is 10.2. The molecule has 0 saturated carbocycles. The van der Waals surface area contributed by atoms with Crippen LogP contribution in [-0.4, -0.2) is 39.6 Å². The molecule has 1 aromatic carbocycles. The average molecular weight is 363 g/mol. The number of nitrogens with zero attached hydrogens (tertiary/aromatic N) is 5. The highest BCUT2D eigenvalue weighted by Gasteiger charge is 2.26. The van der Waals surface area contributed by atoms with E-state index in [0.29, 0.717) is 5.92 Å². The zero-order valence-corrected chi connectivity index (χ0v) is 15.2. The Morgan fingerprint density at radius 2 is 1.93 bits per heavy atom. The van der Waals surface area contributed by atoms with Crippen molar-refractivity contribution < 1.29 is 9.47 Å². The zero-order valence-electron chi connectivity index (χ0n) is 15.2. The number of anilines is 1. The van der Waals surface area contributed by atoms with Gasteiger partial charge in [0.15, 0.2) is 11.5 Å². The molecule has 138 valence electrons. The minimum Gasteiger partial charge on any atom is -0.454 e. The molecule has 2 aliphatic heterocycles. The van der Waals surface area contributed by atoms with Gasteiger partial charge in [0.25, 0.3) is 0 Å². The third-order valence-corrected chi connectivity index (χ3v) is 5.38. The molecule has 0 radical (unpaired) electrons. The van der Waals surface area contributed by atoms with Crippen LogP contribution >= 0.6 is 0 Å². The van der Waals surface area contributed by atoms with Gasteiger partial charge in [0.1, 0.15) is 18.0 Å². The van der Waals surface area contributed by atoms with Crippen LogP contribution in [0.3, 0.4) is 0 Å². The molecule has 0 atom stereocenters. The van der Waals surface area contributed by atoms with Gasteiger partial charge in [-0.05, 0) is 42.7 Å². The van der Waals surface area contributed by atoms with E-state index in [1.807, 2.05) is 36.0 Å². The molecule has 1 saturated heterocycles. The number of ether oxygens (including phenoxy) is 2. The topological polar surface area (TPSA) is 65.3 Å². The first-order valence-electron chi connectivity index (χ1n) is 9.23. The fraction of sp³-hybridized carbons (Fsp3) is 0.350. The lowest BCUT2D eigenvalue weighted by atomic mass is 9.95. The van der Waals surface area contributed by atoms with Crippen LogP contribution in [0.4, 0.5) is 5.82 Å². The summed E-state index contributed by atoms with van der Waals surface area (Å²) in [5.41, 5.74) is 2.21. The van der Waals surface area contributed by atoms with Crippen molar-refractivity contribution in [2.24, 2.45) is 7.05 Å². The third-order valence-electron chi connectivity index (χ3n) is 5.38. The molecule has 0 aliphatic carbocycles. The van der Waals surface area contributed by atoms with Crippen molar-refractivity contribution in [2.45, 2.75) is 18.8 Å². The van der Waals surface area contributed by atoms with E-state index >= 15 is 0 Å². The summed E-state index contributed by atoms with van der Waals surface area (Å²) >= 11 is 0. The number of aromatic nitrogens is 4. The Balaban J connectivity index is 1.40.